The molecule has 4 nitrogen and oxygen atoms in total. The Bertz CT molecular complexity index is 907. The van der Waals surface area contributed by atoms with Gasteiger partial charge in [0.25, 0.3) is 5.92 Å². The number of amides is 1. The first kappa shape index (κ1) is 21.1. The minimum Gasteiger partial charge on any atom is -0.415 e. The van der Waals surface area contributed by atoms with E-state index in [1.807, 2.05) is 19.9 Å². The largest absolute Gasteiger partial charge is 0.415 e. The minimum atomic E-state index is -3.14. The molecule has 156 valence electrons. The van der Waals surface area contributed by atoms with Gasteiger partial charge < -0.3 is 10.1 Å². The summed E-state index contributed by atoms with van der Waals surface area (Å²) in [6.07, 6.45) is -1.31. The summed E-state index contributed by atoms with van der Waals surface area (Å²) in [5, 5.41) is 2.50. The van der Waals surface area contributed by atoms with Gasteiger partial charge in [0, 0.05) is 18.5 Å². The SMILES string of the molecule is Cc1ccc(NC(=O)C2(c3ccccc3C(C)C)CC(F)(F)C2)c(OC(F)F)n1. The Morgan fingerprint density at radius 3 is 2.38 bits per heavy atom. The van der Waals surface area contributed by atoms with Crippen molar-refractivity contribution in [2.45, 2.75) is 57.5 Å². The number of nitrogens with one attached hydrogen (secondary N) is 1. The highest BCUT2D eigenvalue weighted by molar-refractivity contribution is 6.01. The Balaban J connectivity index is 1.99. The molecule has 1 N–H and O–H groups in total. The fraction of sp³-hybridized carbons (Fsp3) is 0.429. The molecule has 0 unspecified atom stereocenters. The molecule has 1 fully saturated rings. The van der Waals surface area contributed by atoms with Gasteiger partial charge in [-0.25, -0.2) is 13.8 Å². The van der Waals surface area contributed by atoms with Crippen LogP contribution in [0.15, 0.2) is 36.4 Å². The highest BCUT2D eigenvalue weighted by atomic mass is 19.3. The van der Waals surface area contributed by atoms with Gasteiger partial charge in [0.1, 0.15) is 5.69 Å². The second kappa shape index (κ2) is 7.65. The number of carbonyl (C=O) groups is 1. The monoisotopic (exact) mass is 410 g/mol. The molecule has 1 aliphatic carbocycles. The lowest BCUT2D eigenvalue weighted by Gasteiger charge is -2.47. The van der Waals surface area contributed by atoms with Gasteiger partial charge in [0.15, 0.2) is 0 Å². The molecule has 1 aliphatic rings. The van der Waals surface area contributed by atoms with Crippen molar-refractivity contribution in [3.63, 3.8) is 0 Å². The molecule has 0 aliphatic heterocycles. The molecule has 0 bridgehead atoms. The summed E-state index contributed by atoms with van der Waals surface area (Å²) in [4.78, 5) is 17.1. The van der Waals surface area contributed by atoms with E-state index in [-0.39, 0.29) is 11.6 Å². The van der Waals surface area contributed by atoms with Crippen molar-refractivity contribution < 1.29 is 27.1 Å². The summed E-state index contributed by atoms with van der Waals surface area (Å²) in [5.41, 5.74) is 0.183. The van der Waals surface area contributed by atoms with E-state index >= 15 is 0 Å². The number of hydrogen-bond acceptors (Lipinski definition) is 3. The van der Waals surface area contributed by atoms with Crippen molar-refractivity contribution in [3.8, 4) is 5.88 Å². The van der Waals surface area contributed by atoms with E-state index in [2.05, 4.69) is 15.0 Å². The molecule has 1 saturated carbocycles. The molecule has 1 aromatic carbocycles. The molecule has 1 amide bonds. The van der Waals surface area contributed by atoms with Crippen molar-refractivity contribution >= 4 is 11.6 Å². The first-order valence-corrected chi connectivity index (χ1v) is 9.25. The van der Waals surface area contributed by atoms with Crippen LogP contribution in [0.5, 0.6) is 5.88 Å². The summed E-state index contributed by atoms with van der Waals surface area (Å²) in [5.74, 6) is -4.10. The number of hydrogen-bond donors (Lipinski definition) is 1. The summed E-state index contributed by atoms with van der Waals surface area (Å²) in [6.45, 7) is 2.28. The maximum Gasteiger partial charge on any atom is 0.388 e. The van der Waals surface area contributed by atoms with E-state index in [0.717, 1.165) is 5.56 Å². The Hall–Kier alpha value is -2.64. The molecule has 0 spiro atoms. The van der Waals surface area contributed by atoms with Crippen molar-refractivity contribution in [1.82, 2.24) is 4.98 Å². The second-order valence-corrected chi connectivity index (χ2v) is 7.67. The summed E-state index contributed by atoms with van der Waals surface area (Å²) in [6, 6.07) is 9.86. The van der Waals surface area contributed by atoms with Crippen LogP contribution in [0.1, 0.15) is 49.4 Å². The van der Waals surface area contributed by atoms with Gasteiger partial charge in [-0.2, -0.15) is 8.78 Å². The summed E-state index contributed by atoms with van der Waals surface area (Å²) < 4.78 is 57.7. The molecular formula is C21H22F4N2O2. The fourth-order valence-corrected chi connectivity index (χ4v) is 3.79. The average Bonchev–Trinajstić information content (AvgIpc) is 2.61. The quantitative estimate of drug-likeness (QED) is 0.647. The van der Waals surface area contributed by atoms with Crippen LogP contribution in [0.2, 0.25) is 0 Å². The van der Waals surface area contributed by atoms with Crippen LogP contribution in [-0.4, -0.2) is 23.4 Å². The predicted molar refractivity (Wildman–Crippen MR) is 101 cm³/mol. The fourth-order valence-electron chi connectivity index (χ4n) is 3.79. The minimum absolute atomic E-state index is 0.0175. The van der Waals surface area contributed by atoms with E-state index in [4.69, 9.17) is 0 Å². The Labute approximate surface area is 166 Å². The first-order chi connectivity index (χ1) is 13.5. The van der Waals surface area contributed by atoms with Crippen molar-refractivity contribution in [3.05, 3.63) is 53.2 Å². The lowest BCUT2D eigenvalue weighted by Crippen LogP contribution is -2.57. The van der Waals surface area contributed by atoms with Crippen molar-refractivity contribution in [2.24, 2.45) is 0 Å². The number of aryl methyl sites for hydroxylation is 1. The molecule has 0 atom stereocenters. The summed E-state index contributed by atoms with van der Waals surface area (Å²) in [7, 11) is 0. The number of carbonyl (C=O) groups excluding carboxylic acids is 1. The Morgan fingerprint density at radius 1 is 1.14 bits per heavy atom. The van der Waals surface area contributed by atoms with Crippen molar-refractivity contribution in [1.29, 1.82) is 0 Å². The molecule has 0 radical (unpaired) electrons. The van der Waals surface area contributed by atoms with Gasteiger partial charge in [-0.05, 0) is 36.1 Å². The highest BCUT2D eigenvalue weighted by Gasteiger charge is 2.62. The number of benzene rings is 1. The van der Waals surface area contributed by atoms with Crippen LogP contribution in [0.4, 0.5) is 23.2 Å². The third-order valence-electron chi connectivity index (χ3n) is 5.10. The van der Waals surface area contributed by atoms with Gasteiger partial charge >= 0.3 is 6.61 Å². The molecule has 1 heterocycles. The molecule has 0 saturated heterocycles. The van der Waals surface area contributed by atoms with E-state index in [9.17, 15) is 22.4 Å². The Kier molecular flexibility index (Phi) is 5.56. The van der Waals surface area contributed by atoms with Gasteiger partial charge in [0.05, 0.1) is 5.41 Å². The smallest absolute Gasteiger partial charge is 0.388 e. The molecule has 2 aromatic rings. The van der Waals surface area contributed by atoms with Crippen LogP contribution in [0, 0.1) is 6.92 Å². The molecule has 8 heteroatoms. The molecule has 29 heavy (non-hydrogen) atoms. The number of alkyl halides is 4. The van der Waals surface area contributed by atoms with Crippen LogP contribution in [-0.2, 0) is 10.2 Å². The Morgan fingerprint density at radius 2 is 1.79 bits per heavy atom. The molecule has 1 aromatic heterocycles. The van der Waals surface area contributed by atoms with E-state index < -0.39 is 42.6 Å². The van der Waals surface area contributed by atoms with Gasteiger partial charge in [0.2, 0.25) is 11.8 Å². The molecular weight excluding hydrogens is 388 g/mol. The molecule has 3 rings (SSSR count). The third kappa shape index (κ3) is 4.21. The van der Waals surface area contributed by atoms with Gasteiger partial charge in [-0.15, -0.1) is 0 Å². The lowest BCUT2D eigenvalue weighted by molar-refractivity contribution is -0.154. The van der Waals surface area contributed by atoms with Crippen LogP contribution >= 0.6 is 0 Å². The van der Waals surface area contributed by atoms with Crippen LogP contribution in [0.3, 0.4) is 0 Å². The maximum atomic E-state index is 13.9. The maximum absolute atomic E-state index is 13.9. The first-order valence-electron chi connectivity index (χ1n) is 9.25. The number of rotatable bonds is 6. The van der Waals surface area contributed by atoms with Gasteiger partial charge in [-0.1, -0.05) is 38.1 Å². The number of ether oxygens (including phenoxy) is 1. The van der Waals surface area contributed by atoms with E-state index in [1.165, 1.54) is 12.1 Å². The van der Waals surface area contributed by atoms with E-state index in [0.29, 0.717) is 11.3 Å². The van der Waals surface area contributed by atoms with Crippen molar-refractivity contribution in [2.75, 3.05) is 5.32 Å². The van der Waals surface area contributed by atoms with Gasteiger partial charge in [-0.3, -0.25) is 4.79 Å². The van der Waals surface area contributed by atoms with Crippen LogP contribution < -0.4 is 10.1 Å². The lowest BCUT2D eigenvalue weighted by atomic mass is 9.59. The zero-order valence-corrected chi connectivity index (χ0v) is 16.3. The third-order valence-corrected chi connectivity index (χ3v) is 5.10. The average molecular weight is 410 g/mol. The predicted octanol–water partition coefficient (Wildman–Crippen LogP) is 5.42. The number of pyridine rings is 1. The zero-order chi connectivity index (χ0) is 21.4. The zero-order valence-electron chi connectivity index (χ0n) is 16.3. The number of anilines is 1. The van der Waals surface area contributed by atoms with Crippen LogP contribution in [0.25, 0.3) is 0 Å². The highest BCUT2D eigenvalue weighted by Crippen LogP contribution is 2.55. The number of nitrogens with zero attached hydrogens (tertiary/aromatic N) is 1. The second-order valence-electron chi connectivity index (χ2n) is 7.67. The standard InChI is InChI=1S/C21H22F4N2O2/c1-12(2)14-6-4-5-7-15(14)20(10-21(24,25)11-20)18(28)27-16-9-8-13(3)26-17(16)29-19(22)23/h4-9,12,19H,10-11H2,1-3H3,(H,27,28). The van der Waals surface area contributed by atoms with E-state index in [1.54, 1.807) is 25.1 Å². The topological polar surface area (TPSA) is 51.2 Å². The number of halogens is 4. The number of aromatic nitrogens is 1. The normalized spacial score (nSPS) is 17.1. The summed E-state index contributed by atoms with van der Waals surface area (Å²) >= 11 is 0.